The summed E-state index contributed by atoms with van der Waals surface area (Å²) in [4.78, 5) is 3.64. The number of hydrogen-bond donors (Lipinski definition) is 1. The largest absolute Gasteiger partial charge is 0.358 e. The SMILES string of the molecule is Clc1ccc2[nH]c3c(c2c1)CCCCCCCCCC3. The van der Waals surface area contributed by atoms with Crippen molar-refractivity contribution >= 4 is 22.5 Å². The van der Waals surface area contributed by atoms with E-state index < -0.39 is 0 Å². The monoisotopic (exact) mass is 289 g/mol. The summed E-state index contributed by atoms with van der Waals surface area (Å²) < 4.78 is 0. The molecule has 1 aromatic carbocycles. The second-order valence-corrected chi connectivity index (χ2v) is 6.54. The van der Waals surface area contributed by atoms with E-state index in [1.165, 1.54) is 86.4 Å². The lowest BCUT2D eigenvalue weighted by Gasteiger charge is -2.08. The molecule has 1 nitrogen and oxygen atoms in total. The number of aromatic nitrogens is 1. The van der Waals surface area contributed by atoms with E-state index in [2.05, 4.69) is 17.1 Å². The van der Waals surface area contributed by atoms with Gasteiger partial charge < -0.3 is 4.98 Å². The van der Waals surface area contributed by atoms with Gasteiger partial charge in [0.2, 0.25) is 0 Å². The first-order valence-corrected chi connectivity index (χ1v) is 8.51. The molecule has 0 fully saturated rings. The first-order valence-electron chi connectivity index (χ1n) is 8.13. The summed E-state index contributed by atoms with van der Waals surface area (Å²) in [6, 6.07) is 6.25. The molecule has 0 amide bonds. The molecule has 0 saturated heterocycles. The molecule has 20 heavy (non-hydrogen) atoms. The number of hydrogen-bond acceptors (Lipinski definition) is 0. The normalized spacial score (nSPS) is 18.2. The van der Waals surface area contributed by atoms with E-state index in [-0.39, 0.29) is 0 Å². The molecule has 0 atom stereocenters. The van der Waals surface area contributed by atoms with Gasteiger partial charge in [-0.15, -0.1) is 0 Å². The minimum absolute atomic E-state index is 0.852. The summed E-state index contributed by atoms with van der Waals surface area (Å²) in [5.41, 5.74) is 4.25. The molecule has 1 heterocycles. The van der Waals surface area contributed by atoms with Gasteiger partial charge in [-0.25, -0.2) is 0 Å². The number of nitrogens with one attached hydrogen (secondary N) is 1. The molecule has 2 aromatic rings. The predicted octanol–water partition coefficient (Wildman–Crippen LogP) is 6.04. The third-order valence-electron chi connectivity index (χ3n) is 4.56. The van der Waals surface area contributed by atoms with Gasteiger partial charge in [0, 0.05) is 21.6 Å². The highest BCUT2D eigenvalue weighted by Gasteiger charge is 2.12. The van der Waals surface area contributed by atoms with Crippen LogP contribution in [-0.4, -0.2) is 4.98 Å². The molecule has 3 rings (SSSR count). The number of aryl methyl sites for hydroxylation is 2. The van der Waals surface area contributed by atoms with E-state index in [9.17, 15) is 0 Å². The van der Waals surface area contributed by atoms with E-state index in [0.717, 1.165) is 5.02 Å². The Morgan fingerprint density at radius 3 is 2.20 bits per heavy atom. The molecule has 2 heteroatoms. The highest BCUT2D eigenvalue weighted by molar-refractivity contribution is 6.31. The van der Waals surface area contributed by atoms with E-state index in [1.54, 1.807) is 0 Å². The van der Waals surface area contributed by atoms with E-state index >= 15 is 0 Å². The van der Waals surface area contributed by atoms with Crippen LogP contribution in [0.25, 0.3) is 10.9 Å². The van der Waals surface area contributed by atoms with Crippen molar-refractivity contribution in [2.45, 2.75) is 64.2 Å². The standard InChI is InChI=1S/C18H24ClN/c19-14-11-12-18-16(13-14)15-9-7-5-3-1-2-4-6-8-10-17(15)20-18/h11-13,20H,1-10H2. The maximum atomic E-state index is 6.18. The fraction of sp³-hybridized carbons (Fsp3) is 0.556. The minimum Gasteiger partial charge on any atom is -0.358 e. The topological polar surface area (TPSA) is 15.8 Å². The molecule has 0 unspecified atom stereocenters. The Bertz CT molecular complexity index is 570. The Kier molecular flexibility index (Phi) is 4.67. The molecular formula is C18H24ClN. The number of benzene rings is 1. The van der Waals surface area contributed by atoms with Gasteiger partial charge in [0.1, 0.15) is 0 Å². The van der Waals surface area contributed by atoms with Crippen molar-refractivity contribution in [3.8, 4) is 0 Å². The highest BCUT2D eigenvalue weighted by atomic mass is 35.5. The second kappa shape index (κ2) is 6.67. The summed E-state index contributed by atoms with van der Waals surface area (Å²) in [5, 5.41) is 2.20. The Labute approximate surface area is 126 Å². The number of rotatable bonds is 0. The average Bonchev–Trinajstić information content (AvgIpc) is 2.76. The van der Waals surface area contributed by atoms with Gasteiger partial charge in [-0.3, -0.25) is 0 Å². The number of halogens is 1. The van der Waals surface area contributed by atoms with E-state index in [4.69, 9.17) is 11.6 Å². The van der Waals surface area contributed by atoms with Gasteiger partial charge in [-0.2, -0.15) is 0 Å². The summed E-state index contributed by atoms with van der Waals surface area (Å²) in [7, 11) is 0. The van der Waals surface area contributed by atoms with Gasteiger partial charge in [0.25, 0.3) is 0 Å². The van der Waals surface area contributed by atoms with Gasteiger partial charge in [-0.05, 0) is 49.4 Å². The Balaban J connectivity index is 1.91. The lowest BCUT2D eigenvalue weighted by molar-refractivity contribution is 0.559. The molecule has 0 spiro atoms. The van der Waals surface area contributed by atoms with Gasteiger partial charge in [-0.1, -0.05) is 50.1 Å². The average molecular weight is 290 g/mol. The van der Waals surface area contributed by atoms with E-state index in [0.29, 0.717) is 0 Å². The molecular weight excluding hydrogens is 266 g/mol. The minimum atomic E-state index is 0.852. The molecule has 108 valence electrons. The van der Waals surface area contributed by atoms with Crippen LogP contribution in [0, 0.1) is 0 Å². The van der Waals surface area contributed by atoms with Crippen molar-refractivity contribution in [3.05, 3.63) is 34.5 Å². The zero-order chi connectivity index (χ0) is 13.8. The van der Waals surface area contributed by atoms with Crippen molar-refractivity contribution in [2.24, 2.45) is 0 Å². The summed E-state index contributed by atoms with van der Waals surface area (Å²) in [6.45, 7) is 0. The molecule has 0 bridgehead atoms. The molecule has 0 radical (unpaired) electrons. The van der Waals surface area contributed by atoms with Crippen molar-refractivity contribution in [2.75, 3.05) is 0 Å². The van der Waals surface area contributed by atoms with Crippen LogP contribution in [-0.2, 0) is 12.8 Å². The van der Waals surface area contributed by atoms with Crippen LogP contribution in [0.15, 0.2) is 18.2 Å². The maximum Gasteiger partial charge on any atom is 0.0460 e. The van der Waals surface area contributed by atoms with Crippen LogP contribution >= 0.6 is 11.6 Å². The lowest BCUT2D eigenvalue weighted by atomic mass is 9.98. The van der Waals surface area contributed by atoms with Crippen molar-refractivity contribution in [1.29, 1.82) is 0 Å². The van der Waals surface area contributed by atoms with Crippen molar-refractivity contribution in [3.63, 3.8) is 0 Å². The summed E-state index contributed by atoms with van der Waals surface area (Å²) >= 11 is 6.18. The molecule has 1 aliphatic rings. The highest BCUT2D eigenvalue weighted by Crippen LogP contribution is 2.29. The summed E-state index contributed by atoms with van der Waals surface area (Å²) in [5.74, 6) is 0. The van der Waals surface area contributed by atoms with Gasteiger partial charge in [0.05, 0.1) is 0 Å². The fourth-order valence-electron chi connectivity index (χ4n) is 3.44. The maximum absolute atomic E-state index is 6.18. The number of fused-ring (bicyclic) bond motifs is 3. The molecule has 1 N–H and O–H groups in total. The van der Waals surface area contributed by atoms with E-state index in [1.807, 2.05) is 6.07 Å². The third-order valence-corrected chi connectivity index (χ3v) is 4.80. The number of aromatic amines is 1. The van der Waals surface area contributed by atoms with Crippen LogP contribution in [0.2, 0.25) is 5.02 Å². The van der Waals surface area contributed by atoms with Crippen LogP contribution in [0.3, 0.4) is 0 Å². The Hall–Kier alpha value is -0.950. The lowest BCUT2D eigenvalue weighted by Crippen LogP contribution is -1.95. The van der Waals surface area contributed by atoms with Crippen LogP contribution < -0.4 is 0 Å². The molecule has 1 aromatic heterocycles. The summed E-state index contributed by atoms with van der Waals surface area (Å²) in [6.07, 6.45) is 13.4. The molecule has 0 saturated carbocycles. The van der Waals surface area contributed by atoms with Gasteiger partial charge >= 0.3 is 0 Å². The zero-order valence-electron chi connectivity index (χ0n) is 12.2. The van der Waals surface area contributed by atoms with Crippen LogP contribution in [0.1, 0.15) is 62.6 Å². The van der Waals surface area contributed by atoms with Crippen LogP contribution in [0.4, 0.5) is 0 Å². The number of H-pyrrole nitrogens is 1. The van der Waals surface area contributed by atoms with Crippen molar-refractivity contribution in [1.82, 2.24) is 4.98 Å². The molecule has 1 aliphatic carbocycles. The fourth-order valence-corrected chi connectivity index (χ4v) is 3.61. The van der Waals surface area contributed by atoms with Crippen LogP contribution in [0.5, 0.6) is 0 Å². The predicted molar refractivity (Wildman–Crippen MR) is 87.7 cm³/mol. The quantitative estimate of drug-likeness (QED) is 0.608. The third kappa shape index (κ3) is 3.20. The first-order chi connectivity index (χ1) is 9.84. The van der Waals surface area contributed by atoms with Crippen molar-refractivity contribution < 1.29 is 0 Å². The Morgan fingerprint density at radius 2 is 1.45 bits per heavy atom. The van der Waals surface area contributed by atoms with Gasteiger partial charge in [0.15, 0.2) is 0 Å². The molecule has 0 aliphatic heterocycles. The Morgan fingerprint density at radius 1 is 0.800 bits per heavy atom. The zero-order valence-corrected chi connectivity index (χ0v) is 12.9. The first kappa shape index (κ1) is 14.0. The smallest absolute Gasteiger partial charge is 0.0460 e. The second-order valence-electron chi connectivity index (χ2n) is 6.10.